The average Bonchev–Trinajstić information content (AvgIpc) is 2.59. The van der Waals surface area contributed by atoms with Gasteiger partial charge in [0, 0.05) is 22.5 Å². The first-order chi connectivity index (χ1) is 12.5. The first kappa shape index (κ1) is 17.8. The van der Waals surface area contributed by atoms with Gasteiger partial charge < -0.3 is 19.2 Å². The summed E-state index contributed by atoms with van der Waals surface area (Å²) in [4.78, 5) is 23.6. The lowest BCUT2D eigenvalue weighted by atomic mass is 10.1. The average molecular weight is 374 g/mol. The minimum atomic E-state index is -0.432. The first-order valence-electron chi connectivity index (χ1n) is 7.77. The lowest BCUT2D eigenvalue weighted by Crippen LogP contribution is -2.20. The van der Waals surface area contributed by atoms with Crippen LogP contribution in [0.25, 0.3) is 11.0 Å². The summed E-state index contributed by atoms with van der Waals surface area (Å²) in [5.74, 6) is 0.529. The van der Waals surface area contributed by atoms with Crippen LogP contribution in [-0.4, -0.2) is 19.6 Å². The molecular weight excluding hydrogens is 358 g/mol. The van der Waals surface area contributed by atoms with Crippen LogP contribution in [0.2, 0.25) is 5.02 Å². The van der Waals surface area contributed by atoms with Gasteiger partial charge in [0.15, 0.2) is 6.61 Å². The largest absolute Gasteiger partial charge is 0.495 e. The van der Waals surface area contributed by atoms with Crippen molar-refractivity contribution in [1.82, 2.24) is 0 Å². The van der Waals surface area contributed by atoms with Gasteiger partial charge >= 0.3 is 5.63 Å². The Hall–Kier alpha value is -2.99. The molecule has 0 spiro atoms. The number of hydrogen-bond acceptors (Lipinski definition) is 5. The Morgan fingerprint density at radius 2 is 2.00 bits per heavy atom. The molecule has 0 radical (unpaired) electrons. The van der Waals surface area contributed by atoms with Gasteiger partial charge in [0.2, 0.25) is 0 Å². The van der Waals surface area contributed by atoms with Crippen molar-refractivity contribution in [3.05, 3.63) is 63.5 Å². The number of benzene rings is 2. The molecule has 0 aliphatic carbocycles. The van der Waals surface area contributed by atoms with Gasteiger partial charge in [0.05, 0.1) is 12.8 Å². The van der Waals surface area contributed by atoms with E-state index in [1.165, 1.54) is 13.2 Å². The molecule has 0 bridgehead atoms. The van der Waals surface area contributed by atoms with Gasteiger partial charge in [0.1, 0.15) is 17.1 Å². The predicted molar refractivity (Wildman–Crippen MR) is 99.3 cm³/mol. The second-order valence-electron chi connectivity index (χ2n) is 5.59. The molecule has 0 unspecified atom stereocenters. The van der Waals surface area contributed by atoms with Crippen molar-refractivity contribution >= 4 is 34.2 Å². The molecule has 7 heteroatoms. The fourth-order valence-corrected chi connectivity index (χ4v) is 2.68. The van der Waals surface area contributed by atoms with Crippen LogP contribution in [-0.2, 0) is 4.79 Å². The lowest BCUT2D eigenvalue weighted by molar-refractivity contribution is -0.118. The summed E-state index contributed by atoms with van der Waals surface area (Å²) >= 11 is 5.94. The fourth-order valence-electron chi connectivity index (χ4n) is 2.51. The van der Waals surface area contributed by atoms with Crippen molar-refractivity contribution in [3.63, 3.8) is 0 Å². The van der Waals surface area contributed by atoms with Crippen molar-refractivity contribution in [1.29, 1.82) is 0 Å². The molecule has 1 heterocycles. The second-order valence-corrected chi connectivity index (χ2v) is 6.02. The number of carbonyl (C=O) groups is 1. The molecule has 1 aromatic heterocycles. The van der Waals surface area contributed by atoms with Gasteiger partial charge in [-0.25, -0.2) is 4.79 Å². The normalized spacial score (nSPS) is 10.6. The highest BCUT2D eigenvalue weighted by atomic mass is 35.5. The quantitative estimate of drug-likeness (QED) is 0.688. The molecule has 26 heavy (non-hydrogen) atoms. The minimum Gasteiger partial charge on any atom is -0.495 e. The Balaban J connectivity index is 1.71. The van der Waals surface area contributed by atoms with E-state index in [2.05, 4.69) is 5.32 Å². The lowest BCUT2D eigenvalue weighted by Gasteiger charge is -2.11. The van der Waals surface area contributed by atoms with Crippen LogP contribution in [0.3, 0.4) is 0 Å². The third-order valence-electron chi connectivity index (χ3n) is 3.73. The summed E-state index contributed by atoms with van der Waals surface area (Å²) in [7, 11) is 1.50. The number of methoxy groups -OCH3 is 1. The molecule has 1 N–H and O–H groups in total. The molecule has 0 aliphatic rings. The van der Waals surface area contributed by atoms with Crippen LogP contribution >= 0.6 is 11.6 Å². The molecule has 0 fully saturated rings. The van der Waals surface area contributed by atoms with Crippen LogP contribution in [0.4, 0.5) is 5.69 Å². The molecule has 3 aromatic rings. The monoisotopic (exact) mass is 373 g/mol. The number of amides is 1. The molecule has 3 rings (SSSR count). The number of ether oxygens (including phenoxy) is 2. The smallest absolute Gasteiger partial charge is 0.336 e. The van der Waals surface area contributed by atoms with Crippen molar-refractivity contribution in [2.24, 2.45) is 0 Å². The molecule has 0 aliphatic heterocycles. The molecular formula is C19H16ClNO5. The predicted octanol–water partition coefficient (Wildman–Crippen LogP) is 3.78. The number of fused-ring (bicyclic) bond motifs is 1. The first-order valence-corrected chi connectivity index (χ1v) is 8.15. The molecule has 6 nitrogen and oxygen atoms in total. The van der Waals surface area contributed by atoms with Crippen molar-refractivity contribution in [3.8, 4) is 11.5 Å². The fraction of sp³-hybridized carbons (Fsp3) is 0.158. The van der Waals surface area contributed by atoms with Gasteiger partial charge in [-0.05, 0) is 42.8 Å². The Kier molecular flexibility index (Phi) is 5.14. The van der Waals surface area contributed by atoms with E-state index in [4.69, 9.17) is 25.5 Å². The van der Waals surface area contributed by atoms with Crippen LogP contribution < -0.4 is 20.4 Å². The molecule has 2 aromatic carbocycles. The number of halogens is 1. The van der Waals surface area contributed by atoms with Crippen LogP contribution in [0.1, 0.15) is 5.56 Å². The van der Waals surface area contributed by atoms with E-state index in [-0.39, 0.29) is 12.5 Å². The molecule has 0 saturated heterocycles. The highest BCUT2D eigenvalue weighted by Crippen LogP contribution is 2.27. The Morgan fingerprint density at radius 1 is 1.19 bits per heavy atom. The van der Waals surface area contributed by atoms with Crippen LogP contribution in [0, 0.1) is 6.92 Å². The van der Waals surface area contributed by atoms with E-state index < -0.39 is 5.63 Å². The summed E-state index contributed by atoms with van der Waals surface area (Å²) in [6.07, 6.45) is 0. The Morgan fingerprint density at radius 3 is 2.77 bits per heavy atom. The highest BCUT2D eigenvalue weighted by Gasteiger charge is 2.10. The van der Waals surface area contributed by atoms with Gasteiger partial charge in [-0.15, -0.1) is 0 Å². The Bertz CT molecular complexity index is 1030. The SMILES string of the molecule is COc1ccc(Cl)cc1NC(=O)COc1ccc2c(C)cc(=O)oc2c1. The molecule has 0 saturated carbocycles. The maximum absolute atomic E-state index is 12.1. The summed E-state index contributed by atoms with van der Waals surface area (Å²) in [5.41, 5.74) is 1.24. The number of aryl methyl sites for hydroxylation is 1. The van der Waals surface area contributed by atoms with E-state index in [1.54, 1.807) is 36.4 Å². The summed E-state index contributed by atoms with van der Waals surface area (Å²) in [6.45, 7) is 1.60. The number of nitrogens with one attached hydrogen (secondary N) is 1. The topological polar surface area (TPSA) is 77.8 Å². The van der Waals surface area contributed by atoms with Gasteiger partial charge in [-0.2, -0.15) is 0 Å². The van der Waals surface area contributed by atoms with E-state index in [0.29, 0.717) is 27.8 Å². The molecule has 0 atom stereocenters. The number of rotatable bonds is 5. The van der Waals surface area contributed by atoms with Crippen molar-refractivity contribution in [2.45, 2.75) is 6.92 Å². The van der Waals surface area contributed by atoms with Crippen LogP contribution in [0.5, 0.6) is 11.5 Å². The molecule has 1 amide bonds. The van der Waals surface area contributed by atoms with E-state index in [0.717, 1.165) is 10.9 Å². The van der Waals surface area contributed by atoms with Crippen LogP contribution in [0.15, 0.2) is 51.7 Å². The van der Waals surface area contributed by atoms with Crippen molar-refractivity contribution < 1.29 is 18.7 Å². The van der Waals surface area contributed by atoms with Gasteiger partial charge in [-0.3, -0.25) is 4.79 Å². The summed E-state index contributed by atoms with van der Waals surface area (Å²) < 4.78 is 15.8. The number of hydrogen-bond donors (Lipinski definition) is 1. The zero-order valence-corrected chi connectivity index (χ0v) is 14.9. The zero-order valence-electron chi connectivity index (χ0n) is 14.2. The van der Waals surface area contributed by atoms with E-state index in [1.807, 2.05) is 6.92 Å². The number of anilines is 1. The highest BCUT2D eigenvalue weighted by molar-refractivity contribution is 6.31. The standard InChI is InChI=1S/C19H16ClNO5/c1-11-7-19(23)26-17-9-13(4-5-14(11)17)25-10-18(22)21-15-8-12(20)3-6-16(15)24-2/h3-9H,10H2,1-2H3,(H,21,22). The summed E-state index contributed by atoms with van der Waals surface area (Å²) in [5, 5.41) is 3.97. The van der Waals surface area contributed by atoms with Gasteiger partial charge in [-0.1, -0.05) is 11.6 Å². The number of carbonyl (C=O) groups excluding carboxylic acids is 1. The third kappa shape index (κ3) is 3.97. The van der Waals surface area contributed by atoms with Crippen molar-refractivity contribution in [2.75, 3.05) is 19.0 Å². The Labute approximate surface area is 154 Å². The minimum absolute atomic E-state index is 0.225. The van der Waals surface area contributed by atoms with E-state index >= 15 is 0 Å². The van der Waals surface area contributed by atoms with Gasteiger partial charge in [0.25, 0.3) is 5.91 Å². The molecule has 134 valence electrons. The zero-order chi connectivity index (χ0) is 18.7. The summed E-state index contributed by atoms with van der Waals surface area (Å²) in [6, 6.07) is 11.4. The van der Waals surface area contributed by atoms with E-state index in [9.17, 15) is 9.59 Å². The second kappa shape index (κ2) is 7.49. The maximum Gasteiger partial charge on any atom is 0.336 e. The third-order valence-corrected chi connectivity index (χ3v) is 3.96. The maximum atomic E-state index is 12.1.